The maximum Gasteiger partial charge on any atom is 0.233 e. The minimum Gasteiger partial charge on any atom is -0.463 e. The van der Waals surface area contributed by atoms with Crippen molar-refractivity contribution in [3.8, 4) is 54.2 Å². The van der Waals surface area contributed by atoms with E-state index < -0.39 is 0 Å². The van der Waals surface area contributed by atoms with Crippen LogP contribution in [-0.2, 0) is 16.2 Å². The van der Waals surface area contributed by atoms with Crippen LogP contribution in [0, 0.1) is 36.5 Å². The van der Waals surface area contributed by atoms with Gasteiger partial charge in [-0.2, -0.15) is 0 Å². The Kier molecular flexibility index (Phi) is 14.8. The zero-order valence-electron chi connectivity index (χ0n) is 28.0. The van der Waals surface area contributed by atoms with Crippen molar-refractivity contribution in [3.63, 3.8) is 0 Å². The molecule has 3 aromatic heterocycles. The lowest BCUT2D eigenvalue weighted by molar-refractivity contribution is 0.266. The molecule has 0 unspecified atom stereocenters. The van der Waals surface area contributed by atoms with Gasteiger partial charge < -0.3 is 14.2 Å². The molecule has 3 heterocycles. The van der Waals surface area contributed by atoms with E-state index >= 15 is 0 Å². The van der Waals surface area contributed by atoms with Crippen LogP contribution in [0.3, 0.4) is 0 Å². The number of terminal acetylenes is 2. The Labute approximate surface area is 264 Å². The normalized spacial score (nSPS) is 11.4. The zero-order valence-corrected chi connectivity index (χ0v) is 28.0. The Bertz CT molecular complexity index is 1410. The van der Waals surface area contributed by atoms with Crippen molar-refractivity contribution in [3.05, 3.63) is 54.3 Å². The van der Waals surface area contributed by atoms with Crippen LogP contribution in [0.4, 0.5) is 0 Å². The zero-order chi connectivity index (χ0) is 33.4. The van der Waals surface area contributed by atoms with Gasteiger partial charge in [-0.05, 0) is 13.8 Å². The van der Waals surface area contributed by atoms with Crippen LogP contribution in [0.5, 0.6) is 17.6 Å². The van der Waals surface area contributed by atoms with Gasteiger partial charge in [0.2, 0.25) is 17.6 Å². The van der Waals surface area contributed by atoms with Crippen molar-refractivity contribution in [1.29, 1.82) is 0 Å². The summed E-state index contributed by atoms with van der Waals surface area (Å²) < 4.78 is 15.7. The Morgan fingerprint density at radius 1 is 0.614 bits per heavy atom. The molecule has 0 saturated heterocycles. The second-order valence-corrected chi connectivity index (χ2v) is 12.6. The van der Waals surface area contributed by atoms with E-state index in [0.29, 0.717) is 24.2 Å². The summed E-state index contributed by atoms with van der Waals surface area (Å²) in [6, 6.07) is 0. The molecule has 3 rings (SSSR count). The quantitative estimate of drug-likeness (QED) is 0.310. The molecular formula is C35H46N6O3. The summed E-state index contributed by atoms with van der Waals surface area (Å²) in [6.45, 7) is 22.9. The summed E-state index contributed by atoms with van der Waals surface area (Å²) in [5, 5.41) is 0. The Balaban J connectivity index is 0.000000330. The van der Waals surface area contributed by atoms with Crippen LogP contribution >= 0.6 is 0 Å². The van der Waals surface area contributed by atoms with Crippen molar-refractivity contribution >= 4 is 0 Å². The predicted molar refractivity (Wildman–Crippen MR) is 174 cm³/mol. The molecule has 3 aromatic rings. The molecule has 9 nitrogen and oxygen atoms in total. The molecule has 44 heavy (non-hydrogen) atoms. The molecule has 0 aromatic carbocycles. The third-order valence-electron chi connectivity index (χ3n) is 5.49. The second-order valence-electron chi connectivity index (χ2n) is 12.6. The summed E-state index contributed by atoms with van der Waals surface area (Å²) >= 11 is 0. The number of hydrogen-bond donors (Lipinski definition) is 0. The van der Waals surface area contributed by atoms with Gasteiger partial charge in [0.15, 0.2) is 19.3 Å². The molecule has 0 radical (unpaired) electrons. The van der Waals surface area contributed by atoms with E-state index in [4.69, 9.17) is 27.1 Å². The fourth-order valence-electron chi connectivity index (χ4n) is 2.83. The highest BCUT2D eigenvalue weighted by Gasteiger charge is 2.17. The Hall–Kier alpha value is -4.68. The predicted octanol–water partition coefficient (Wildman–Crippen LogP) is 6.14. The maximum absolute atomic E-state index is 5.32. The molecule has 234 valence electrons. The van der Waals surface area contributed by atoms with Gasteiger partial charge in [-0.3, -0.25) is 15.0 Å². The maximum atomic E-state index is 5.32. The van der Waals surface area contributed by atoms with E-state index in [2.05, 4.69) is 116 Å². The van der Waals surface area contributed by atoms with E-state index in [0.717, 1.165) is 17.1 Å². The van der Waals surface area contributed by atoms with E-state index in [-0.39, 0.29) is 29.0 Å². The van der Waals surface area contributed by atoms with Gasteiger partial charge in [0, 0.05) is 16.2 Å². The fraction of sp³-hybridized carbons (Fsp3) is 0.486. The first kappa shape index (κ1) is 37.3. The highest BCUT2D eigenvalue weighted by Crippen LogP contribution is 2.21. The molecule has 0 aliphatic carbocycles. The molecule has 0 N–H and O–H groups in total. The van der Waals surface area contributed by atoms with Crippen molar-refractivity contribution in [2.75, 3.05) is 13.2 Å². The summed E-state index contributed by atoms with van der Waals surface area (Å²) in [4.78, 5) is 25.2. The molecule has 0 spiro atoms. The molecule has 0 fully saturated rings. The summed E-state index contributed by atoms with van der Waals surface area (Å²) in [7, 11) is 0. The van der Waals surface area contributed by atoms with Gasteiger partial charge in [0.05, 0.1) is 54.3 Å². The van der Waals surface area contributed by atoms with E-state index in [1.165, 1.54) is 0 Å². The molecule has 0 bridgehead atoms. The number of aromatic nitrogens is 6. The van der Waals surface area contributed by atoms with Gasteiger partial charge in [0.25, 0.3) is 0 Å². The lowest BCUT2D eigenvalue weighted by Gasteiger charge is -2.17. The minimum atomic E-state index is -0.278. The summed E-state index contributed by atoms with van der Waals surface area (Å²) in [5.41, 5.74) is 2.86. The average molecular weight is 599 g/mol. The Morgan fingerprint density at radius 3 is 1.30 bits per heavy atom. The third-order valence-corrected chi connectivity index (χ3v) is 5.49. The number of hydrogen-bond acceptors (Lipinski definition) is 9. The lowest BCUT2D eigenvalue weighted by Crippen LogP contribution is -2.15. The molecule has 1 atom stereocenters. The molecule has 0 aliphatic heterocycles. The van der Waals surface area contributed by atoms with Crippen LogP contribution in [0.1, 0.15) is 93.2 Å². The number of rotatable bonds is 6. The van der Waals surface area contributed by atoms with Crippen LogP contribution in [0.15, 0.2) is 37.2 Å². The highest BCUT2D eigenvalue weighted by molar-refractivity contribution is 5.16. The van der Waals surface area contributed by atoms with Gasteiger partial charge in [0.1, 0.15) is 0 Å². The third kappa shape index (κ3) is 14.5. The highest BCUT2D eigenvalue weighted by atomic mass is 16.5. The Morgan fingerprint density at radius 2 is 1.00 bits per heavy atom. The average Bonchev–Trinajstić information content (AvgIpc) is 2.96. The summed E-state index contributed by atoms with van der Waals surface area (Å²) in [5.74, 6) is 11.8. The van der Waals surface area contributed by atoms with E-state index in [1.807, 2.05) is 0 Å². The molecular weight excluding hydrogens is 552 g/mol. The first-order valence-electron chi connectivity index (χ1n) is 14.2. The largest absolute Gasteiger partial charge is 0.463 e. The first-order chi connectivity index (χ1) is 20.5. The summed E-state index contributed by atoms with van der Waals surface area (Å²) in [6.07, 6.45) is 20.0. The van der Waals surface area contributed by atoms with Crippen LogP contribution < -0.4 is 14.2 Å². The van der Waals surface area contributed by atoms with Crippen LogP contribution in [0.25, 0.3) is 0 Å². The SMILES string of the molecule is C#CCOc1cnc(C(C)(C)C)cn1.C#C[C@H](C)Oc1cnc(C(C)(C)C)cn1.CC#CCOc1cnc(C(C)(C)C)cn1. The van der Waals surface area contributed by atoms with Gasteiger partial charge in [-0.1, -0.05) is 80.1 Å². The van der Waals surface area contributed by atoms with Gasteiger partial charge >= 0.3 is 0 Å². The molecule has 0 amide bonds. The van der Waals surface area contributed by atoms with Crippen LogP contribution in [0.2, 0.25) is 0 Å². The lowest BCUT2D eigenvalue weighted by atomic mass is 9.93. The molecule has 9 heteroatoms. The molecule has 0 aliphatic rings. The van der Waals surface area contributed by atoms with E-state index in [1.54, 1.807) is 51.0 Å². The van der Waals surface area contributed by atoms with Crippen molar-refractivity contribution in [2.45, 2.75) is 98.5 Å². The fourth-order valence-corrected chi connectivity index (χ4v) is 2.83. The number of ether oxygens (including phenoxy) is 3. The monoisotopic (exact) mass is 598 g/mol. The van der Waals surface area contributed by atoms with Crippen molar-refractivity contribution < 1.29 is 14.2 Å². The first-order valence-corrected chi connectivity index (χ1v) is 14.2. The van der Waals surface area contributed by atoms with Gasteiger partial charge in [-0.25, -0.2) is 15.0 Å². The van der Waals surface area contributed by atoms with E-state index in [9.17, 15) is 0 Å². The van der Waals surface area contributed by atoms with Crippen molar-refractivity contribution in [2.24, 2.45) is 0 Å². The van der Waals surface area contributed by atoms with Crippen LogP contribution in [-0.4, -0.2) is 49.2 Å². The standard InChI is InChI=1S/2C12H16N2O.C11H14N2O/c1-6-9(2)15-11-8-13-10(7-14-11)12(3,4)5;1-5-6-7-15-11-9-13-10(8-14-11)12(2,3)4;1-5-6-14-10-8-12-9(7-13-10)11(2,3)4/h1,7-9H,2-5H3;8-9H,7H2,1-4H3;1,7-8H,6H2,2-4H3/t9-;;/m0../s1. The molecule has 0 saturated carbocycles. The number of nitrogens with zero attached hydrogens (tertiary/aromatic N) is 6. The van der Waals surface area contributed by atoms with Crippen molar-refractivity contribution in [1.82, 2.24) is 29.9 Å². The smallest absolute Gasteiger partial charge is 0.233 e. The topological polar surface area (TPSA) is 105 Å². The van der Waals surface area contributed by atoms with Gasteiger partial charge in [-0.15, -0.1) is 18.8 Å². The minimum absolute atomic E-state index is 0.00324. The second kappa shape index (κ2) is 17.4.